The maximum atomic E-state index is 13.5. The molecule has 0 atom stereocenters. The van der Waals surface area contributed by atoms with Crippen LogP contribution in [0.1, 0.15) is 11.1 Å². The SMILES string of the molecule is Cc1ccc(C2=C(N3CCN(C)CC3)C(=O)N(c3cccc(Cl)c3Cl)C2=O)cc1. The summed E-state index contributed by atoms with van der Waals surface area (Å²) in [6.45, 7) is 4.99. The van der Waals surface area contributed by atoms with Crippen molar-refractivity contribution in [1.29, 1.82) is 0 Å². The zero-order valence-corrected chi connectivity index (χ0v) is 17.8. The van der Waals surface area contributed by atoms with Crippen molar-refractivity contribution < 1.29 is 9.59 Å². The Morgan fingerprint density at radius 1 is 0.862 bits per heavy atom. The lowest BCUT2D eigenvalue weighted by Crippen LogP contribution is -2.46. The quantitative estimate of drug-likeness (QED) is 0.695. The predicted octanol–water partition coefficient (Wildman–Crippen LogP) is 3.83. The Labute approximate surface area is 180 Å². The molecule has 2 amide bonds. The highest BCUT2D eigenvalue weighted by atomic mass is 35.5. The van der Waals surface area contributed by atoms with E-state index in [1.54, 1.807) is 18.2 Å². The highest BCUT2D eigenvalue weighted by Gasteiger charge is 2.43. The monoisotopic (exact) mass is 429 g/mol. The second kappa shape index (κ2) is 7.82. The number of aryl methyl sites for hydroxylation is 1. The minimum atomic E-state index is -0.378. The molecule has 150 valence electrons. The maximum Gasteiger partial charge on any atom is 0.282 e. The van der Waals surface area contributed by atoms with E-state index >= 15 is 0 Å². The third-order valence-corrected chi connectivity index (χ3v) is 6.20. The van der Waals surface area contributed by atoms with Gasteiger partial charge in [-0.1, -0.05) is 59.1 Å². The molecule has 7 heteroatoms. The van der Waals surface area contributed by atoms with E-state index in [-0.39, 0.29) is 16.8 Å². The van der Waals surface area contributed by atoms with Crippen molar-refractivity contribution in [3.63, 3.8) is 0 Å². The highest BCUT2D eigenvalue weighted by Crippen LogP contribution is 2.40. The third kappa shape index (κ3) is 3.54. The van der Waals surface area contributed by atoms with Crippen LogP contribution in [0.15, 0.2) is 48.2 Å². The fourth-order valence-electron chi connectivity index (χ4n) is 3.71. The van der Waals surface area contributed by atoms with Crippen molar-refractivity contribution >= 4 is 46.3 Å². The van der Waals surface area contributed by atoms with Gasteiger partial charge in [-0.2, -0.15) is 0 Å². The van der Waals surface area contributed by atoms with Crippen molar-refractivity contribution in [1.82, 2.24) is 9.80 Å². The Bertz CT molecular complexity index is 1010. The summed E-state index contributed by atoms with van der Waals surface area (Å²) < 4.78 is 0. The second-order valence-corrected chi connectivity index (χ2v) is 8.18. The van der Waals surface area contributed by atoms with Crippen LogP contribution in [0.5, 0.6) is 0 Å². The number of hydrogen-bond donors (Lipinski definition) is 0. The molecular weight excluding hydrogens is 409 g/mol. The largest absolute Gasteiger partial charge is 0.364 e. The Hall–Kier alpha value is -2.34. The first-order chi connectivity index (χ1) is 13.9. The van der Waals surface area contributed by atoms with Crippen molar-refractivity contribution in [2.24, 2.45) is 0 Å². The molecule has 2 aromatic rings. The number of carbonyl (C=O) groups is 2. The molecule has 0 aliphatic carbocycles. The molecule has 2 aliphatic heterocycles. The topological polar surface area (TPSA) is 43.9 Å². The molecule has 29 heavy (non-hydrogen) atoms. The number of amides is 2. The van der Waals surface area contributed by atoms with Crippen LogP contribution in [0.2, 0.25) is 10.0 Å². The Balaban J connectivity index is 1.83. The van der Waals surface area contributed by atoms with Crippen molar-refractivity contribution in [3.8, 4) is 0 Å². The zero-order valence-electron chi connectivity index (χ0n) is 16.3. The summed E-state index contributed by atoms with van der Waals surface area (Å²) in [6.07, 6.45) is 0. The number of anilines is 1. The average molecular weight is 430 g/mol. The molecule has 0 aromatic heterocycles. The third-order valence-electron chi connectivity index (χ3n) is 5.39. The number of nitrogens with zero attached hydrogens (tertiary/aromatic N) is 3. The van der Waals surface area contributed by atoms with E-state index in [2.05, 4.69) is 4.90 Å². The summed E-state index contributed by atoms with van der Waals surface area (Å²) in [7, 11) is 2.05. The van der Waals surface area contributed by atoms with Gasteiger partial charge in [0, 0.05) is 26.2 Å². The molecule has 0 unspecified atom stereocenters. The van der Waals surface area contributed by atoms with Gasteiger partial charge in [-0.25, -0.2) is 4.90 Å². The van der Waals surface area contributed by atoms with E-state index < -0.39 is 0 Å². The molecular formula is C22H21Cl2N3O2. The molecule has 1 fully saturated rings. The van der Waals surface area contributed by atoms with Gasteiger partial charge in [0.15, 0.2) is 0 Å². The minimum Gasteiger partial charge on any atom is -0.364 e. The number of rotatable bonds is 3. The van der Waals surface area contributed by atoms with Crippen LogP contribution in [0.3, 0.4) is 0 Å². The summed E-state index contributed by atoms with van der Waals surface area (Å²) in [5.41, 5.74) is 2.96. The van der Waals surface area contributed by atoms with Crippen LogP contribution in [-0.4, -0.2) is 54.8 Å². The number of benzene rings is 2. The summed E-state index contributed by atoms with van der Waals surface area (Å²) in [5.74, 6) is -0.740. The van der Waals surface area contributed by atoms with Gasteiger partial charge in [-0.15, -0.1) is 0 Å². The summed E-state index contributed by atoms with van der Waals surface area (Å²) >= 11 is 12.5. The first-order valence-corrected chi connectivity index (χ1v) is 10.2. The highest BCUT2D eigenvalue weighted by molar-refractivity contribution is 6.49. The first-order valence-electron chi connectivity index (χ1n) is 9.46. The van der Waals surface area contributed by atoms with Gasteiger partial charge in [0.05, 0.1) is 21.3 Å². The first kappa shape index (κ1) is 20.0. The van der Waals surface area contributed by atoms with Crippen molar-refractivity contribution in [2.75, 3.05) is 38.1 Å². The summed E-state index contributed by atoms with van der Waals surface area (Å²) in [6, 6.07) is 12.6. The van der Waals surface area contributed by atoms with Gasteiger partial charge in [0.1, 0.15) is 5.70 Å². The van der Waals surface area contributed by atoms with Crippen LogP contribution < -0.4 is 4.90 Å². The van der Waals surface area contributed by atoms with E-state index in [0.29, 0.717) is 35.1 Å². The molecule has 4 rings (SSSR count). The summed E-state index contributed by atoms with van der Waals surface area (Å²) in [5, 5.41) is 0.494. The van der Waals surface area contributed by atoms with Gasteiger partial charge < -0.3 is 9.80 Å². The standard InChI is InChI=1S/C22H21Cl2N3O2/c1-14-6-8-15(9-7-14)18-20(26-12-10-25(2)11-13-26)22(29)27(21(18)28)17-5-3-4-16(23)19(17)24/h3-9H,10-13H2,1-2H3. The lowest BCUT2D eigenvalue weighted by molar-refractivity contribution is -0.120. The minimum absolute atomic E-state index is 0.193. The van der Waals surface area contributed by atoms with E-state index in [9.17, 15) is 9.59 Å². The molecule has 0 radical (unpaired) electrons. The van der Waals surface area contributed by atoms with Crippen LogP contribution >= 0.6 is 23.2 Å². The lowest BCUT2D eigenvalue weighted by Gasteiger charge is -2.34. The Kier molecular flexibility index (Phi) is 5.38. The molecule has 5 nitrogen and oxygen atoms in total. The van der Waals surface area contributed by atoms with E-state index in [1.807, 2.05) is 43.1 Å². The van der Waals surface area contributed by atoms with Gasteiger partial charge in [-0.05, 0) is 31.7 Å². The van der Waals surface area contributed by atoms with Crippen LogP contribution in [0, 0.1) is 6.92 Å². The van der Waals surface area contributed by atoms with Gasteiger partial charge >= 0.3 is 0 Å². The van der Waals surface area contributed by atoms with Crippen LogP contribution in [0.4, 0.5) is 5.69 Å². The number of piperazine rings is 1. The second-order valence-electron chi connectivity index (χ2n) is 7.40. The Morgan fingerprint density at radius 2 is 1.52 bits per heavy atom. The molecule has 2 aliphatic rings. The number of imide groups is 1. The van der Waals surface area contributed by atoms with E-state index in [1.165, 1.54) is 0 Å². The molecule has 0 N–H and O–H groups in total. The average Bonchev–Trinajstić information content (AvgIpc) is 2.96. The van der Waals surface area contributed by atoms with Gasteiger partial charge in [0.25, 0.3) is 11.8 Å². The summed E-state index contributed by atoms with van der Waals surface area (Å²) in [4.78, 5) is 32.4. The van der Waals surface area contributed by atoms with Crippen LogP contribution in [-0.2, 0) is 9.59 Å². The lowest BCUT2D eigenvalue weighted by atomic mass is 10.0. The number of hydrogen-bond acceptors (Lipinski definition) is 4. The molecule has 0 bridgehead atoms. The van der Waals surface area contributed by atoms with Gasteiger partial charge in [0.2, 0.25) is 0 Å². The fraction of sp³-hybridized carbons (Fsp3) is 0.273. The normalized spacial score (nSPS) is 18.2. The van der Waals surface area contributed by atoms with Crippen LogP contribution in [0.25, 0.3) is 5.57 Å². The molecule has 0 saturated carbocycles. The number of likely N-dealkylation sites (N-methyl/N-ethyl adjacent to an activating group) is 1. The number of halogens is 2. The van der Waals surface area contributed by atoms with Crippen molar-refractivity contribution in [3.05, 3.63) is 69.3 Å². The fourth-order valence-corrected chi connectivity index (χ4v) is 4.09. The van der Waals surface area contributed by atoms with E-state index in [4.69, 9.17) is 23.2 Å². The van der Waals surface area contributed by atoms with E-state index in [0.717, 1.165) is 29.1 Å². The van der Waals surface area contributed by atoms with Crippen molar-refractivity contribution in [2.45, 2.75) is 6.92 Å². The maximum absolute atomic E-state index is 13.5. The molecule has 2 heterocycles. The molecule has 2 aromatic carbocycles. The Morgan fingerprint density at radius 3 is 2.17 bits per heavy atom. The number of carbonyl (C=O) groups excluding carboxylic acids is 2. The predicted molar refractivity (Wildman–Crippen MR) is 116 cm³/mol. The molecule has 0 spiro atoms. The smallest absolute Gasteiger partial charge is 0.282 e. The zero-order chi connectivity index (χ0) is 20.7. The van der Waals surface area contributed by atoms with Gasteiger partial charge in [-0.3, -0.25) is 9.59 Å². The molecule has 1 saturated heterocycles.